The van der Waals surface area contributed by atoms with Crippen LogP contribution in [0.5, 0.6) is 17.6 Å². The summed E-state index contributed by atoms with van der Waals surface area (Å²) in [5.74, 6) is 1.51. The molecule has 0 aliphatic rings. The summed E-state index contributed by atoms with van der Waals surface area (Å²) in [5, 5.41) is 35.5. The molecule has 372 valence electrons. The average molecular weight is 1070 g/mol. The van der Waals surface area contributed by atoms with Gasteiger partial charge < -0.3 is 33.7 Å². The molecular formula is C45H57BBrN15O7Si2. The number of rotatable bonds is 16. The van der Waals surface area contributed by atoms with Crippen molar-refractivity contribution in [3.05, 3.63) is 97.2 Å². The van der Waals surface area contributed by atoms with Crippen LogP contribution in [0.2, 0.25) is 51.4 Å². The zero-order chi connectivity index (χ0) is 51.0. The zero-order valence-corrected chi connectivity index (χ0v) is 44.6. The number of ether oxygens (including phenoxy) is 5. The van der Waals surface area contributed by atoms with E-state index in [4.69, 9.17) is 33.7 Å². The van der Waals surface area contributed by atoms with E-state index in [1.54, 1.807) is 73.8 Å². The van der Waals surface area contributed by atoms with Crippen molar-refractivity contribution in [3.63, 3.8) is 0 Å². The number of hydrogen-bond donors (Lipinski definition) is 3. The maximum atomic E-state index is 8.54. The Morgan fingerprint density at radius 2 is 1.10 bits per heavy atom. The van der Waals surface area contributed by atoms with Gasteiger partial charge in [-0.05, 0) is 58.3 Å². The maximum absolute atomic E-state index is 8.54. The second kappa shape index (κ2) is 25.4. The quantitative estimate of drug-likeness (QED) is 0.0707. The second-order valence-corrected chi connectivity index (χ2v) is 29.8. The molecule has 9 aromatic rings. The summed E-state index contributed by atoms with van der Waals surface area (Å²) < 4.78 is 31.5. The number of hydrogen-bond acceptors (Lipinski definition) is 19. The van der Waals surface area contributed by atoms with Crippen molar-refractivity contribution in [1.82, 2.24) is 74.6 Å². The highest BCUT2D eigenvalue weighted by molar-refractivity contribution is 9.10. The topological polar surface area (TPSA) is 267 Å². The van der Waals surface area contributed by atoms with Gasteiger partial charge in [-0.3, -0.25) is 20.1 Å². The number of nitrogens with zero attached hydrogens (tertiary/aromatic N) is 14. The first-order chi connectivity index (χ1) is 34.1. The van der Waals surface area contributed by atoms with Crippen LogP contribution in [0.4, 0.5) is 0 Å². The Kier molecular flexibility index (Phi) is 19.2. The summed E-state index contributed by atoms with van der Waals surface area (Å²) in [6.45, 7) is 16.2. The van der Waals surface area contributed by atoms with Crippen molar-refractivity contribution < 1.29 is 33.7 Å². The van der Waals surface area contributed by atoms with Crippen molar-refractivity contribution in [1.29, 1.82) is 0 Å². The van der Waals surface area contributed by atoms with Gasteiger partial charge in [0.05, 0.1) is 27.0 Å². The molecule has 0 aliphatic carbocycles. The van der Waals surface area contributed by atoms with Gasteiger partial charge in [0.2, 0.25) is 17.6 Å². The Hall–Kier alpha value is -6.68. The Labute approximate surface area is 421 Å². The number of H-pyrrole nitrogens is 1. The van der Waals surface area contributed by atoms with Crippen LogP contribution < -0.4 is 19.7 Å². The molecule has 0 atom stereocenters. The molecule has 3 N–H and O–H groups in total. The molecule has 9 rings (SSSR count). The normalized spacial score (nSPS) is 11.3. The molecule has 0 saturated carbocycles. The number of pyridine rings is 3. The number of aromatic nitrogens is 15. The van der Waals surface area contributed by atoms with Gasteiger partial charge in [-0.2, -0.15) is 15.3 Å². The Morgan fingerprint density at radius 3 is 1.59 bits per heavy atom. The fourth-order valence-electron chi connectivity index (χ4n) is 6.41. The SMILES string of the molecule is COc1ncnc2c1c(-c1cccnc1)nn2COCC[Si](C)(C)C.COc1ncnc2c1c(Br)nn2COCC[Si](C)(C)C.COc1ncnc2n[nH]c(-c3cccnc3)c12.OB(O)c1cccnc1. The first kappa shape index (κ1) is 53.7. The highest BCUT2D eigenvalue weighted by Crippen LogP contribution is 2.33. The Morgan fingerprint density at radius 1 is 0.606 bits per heavy atom. The van der Waals surface area contributed by atoms with Gasteiger partial charge >= 0.3 is 7.12 Å². The number of fused-ring (bicyclic) bond motifs is 3. The van der Waals surface area contributed by atoms with E-state index < -0.39 is 23.3 Å². The lowest BCUT2D eigenvalue weighted by atomic mass is 9.82. The van der Waals surface area contributed by atoms with E-state index in [1.807, 2.05) is 24.3 Å². The predicted octanol–water partition coefficient (Wildman–Crippen LogP) is 6.30. The summed E-state index contributed by atoms with van der Waals surface area (Å²) in [6, 6.07) is 13.1. The molecule has 0 aliphatic heterocycles. The van der Waals surface area contributed by atoms with Crippen molar-refractivity contribution in [2.75, 3.05) is 34.5 Å². The molecule has 0 spiro atoms. The first-order valence-corrected chi connectivity index (χ1v) is 30.4. The lowest BCUT2D eigenvalue weighted by molar-refractivity contribution is 0.0810. The van der Waals surface area contributed by atoms with Gasteiger partial charge in [0.15, 0.2) is 16.9 Å². The summed E-state index contributed by atoms with van der Waals surface area (Å²) in [4.78, 5) is 37.0. The summed E-state index contributed by atoms with van der Waals surface area (Å²) in [7, 11) is 1.15. The van der Waals surface area contributed by atoms with Crippen molar-refractivity contribution >= 4 is 77.8 Å². The monoisotopic (exact) mass is 1070 g/mol. The molecule has 22 nitrogen and oxygen atoms in total. The van der Waals surface area contributed by atoms with E-state index in [-0.39, 0.29) is 0 Å². The van der Waals surface area contributed by atoms with Crippen LogP contribution in [-0.2, 0) is 22.9 Å². The molecule has 0 aromatic carbocycles. The maximum Gasteiger partial charge on any atom is 0.490 e. The number of methoxy groups -OCH3 is 3. The van der Waals surface area contributed by atoms with E-state index in [0.29, 0.717) is 58.1 Å². The fourth-order valence-corrected chi connectivity index (χ4v) is 8.46. The van der Waals surface area contributed by atoms with Crippen LogP contribution in [0.1, 0.15) is 0 Å². The van der Waals surface area contributed by atoms with Crippen LogP contribution in [0.15, 0.2) is 97.2 Å². The van der Waals surface area contributed by atoms with E-state index >= 15 is 0 Å². The summed E-state index contributed by atoms with van der Waals surface area (Å²) >= 11 is 3.41. The van der Waals surface area contributed by atoms with E-state index in [9.17, 15) is 0 Å². The molecule has 0 fully saturated rings. The lowest BCUT2D eigenvalue weighted by Gasteiger charge is -2.15. The Balaban J connectivity index is 0.000000162. The van der Waals surface area contributed by atoms with E-state index in [2.05, 4.69) is 120 Å². The third-order valence-electron chi connectivity index (χ3n) is 10.1. The van der Waals surface area contributed by atoms with Gasteiger partial charge in [-0.15, -0.1) is 0 Å². The molecule has 9 heterocycles. The molecule has 0 unspecified atom stereocenters. The van der Waals surface area contributed by atoms with Crippen LogP contribution >= 0.6 is 15.9 Å². The first-order valence-electron chi connectivity index (χ1n) is 22.2. The standard InChI is InChI=1S/C17H23N5O2Si.C12H19BrN4O2Si.C11H9N5O.C5H6BNO2/c1-23-17-14-15(13-6-5-7-18-10-13)21-22(16(14)19-11-20-17)12-24-8-9-25(2,3)4;1-18-12-9-10(13)16-17(11(9)14-7-15-12)8-19-5-6-20(2,3)4;1-17-11-8-9(7-3-2-4-12-5-7)15-16-10(8)13-6-14-11;8-6(9)5-2-1-3-7-4-5/h5-7,10-11H,8-9,12H2,1-4H3;7H,5-6,8H2,1-4H3;2-6H,1H3,(H,13,14,15,16);1-4,8-9H. The second-order valence-electron chi connectivity index (χ2n) is 17.8. The van der Waals surface area contributed by atoms with Gasteiger partial charge in [0.1, 0.15) is 58.9 Å². The number of halogens is 1. The average Bonchev–Trinajstić information content (AvgIpc) is 4.08. The van der Waals surface area contributed by atoms with E-state index in [1.165, 1.54) is 25.2 Å². The fraction of sp³-hybridized carbons (Fsp3) is 0.333. The van der Waals surface area contributed by atoms with Crippen LogP contribution in [0.3, 0.4) is 0 Å². The highest BCUT2D eigenvalue weighted by Gasteiger charge is 2.21. The molecule has 0 radical (unpaired) electrons. The molecule has 0 bridgehead atoms. The minimum absolute atomic E-state index is 0.349. The highest BCUT2D eigenvalue weighted by atomic mass is 79.9. The summed E-state index contributed by atoms with van der Waals surface area (Å²) in [6.07, 6.45) is 14.3. The van der Waals surface area contributed by atoms with Crippen molar-refractivity contribution in [2.24, 2.45) is 0 Å². The summed E-state index contributed by atoms with van der Waals surface area (Å²) in [5.41, 5.74) is 5.76. The smallest absolute Gasteiger partial charge is 0.480 e. The van der Waals surface area contributed by atoms with Crippen molar-refractivity contribution in [3.8, 4) is 40.2 Å². The molecule has 9 aromatic heterocycles. The van der Waals surface area contributed by atoms with Crippen LogP contribution in [0, 0.1) is 0 Å². The third kappa shape index (κ3) is 14.9. The molecule has 26 heteroatoms. The van der Waals surface area contributed by atoms with Gasteiger partial charge in [0, 0.05) is 83.1 Å². The van der Waals surface area contributed by atoms with Gasteiger partial charge in [-0.25, -0.2) is 39.3 Å². The van der Waals surface area contributed by atoms with Crippen LogP contribution in [-0.4, -0.2) is 142 Å². The molecule has 0 amide bonds. The number of nitrogens with one attached hydrogen (secondary N) is 1. The Bertz CT molecular complexity index is 3050. The minimum atomic E-state index is -1.40. The minimum Gasteiger partial charge on any atom is -0.480 e. The van der Waals surface area contributed by atoms with E-state index in [0.717, 1.165) is 64.0 Å². The number of aromatic amines is 1. The zero-order valence-electron chi connectivity index (χ0n) is 41.1. The van der Waals surface area contributed by atoms with Crippen LogP contribution in [0.25, 0.3) is 55.6 Å². The third-order valence-corrected chi connectivity index (χ3v) is 14.1. The predicted molar refractivity (Wildman–Crippen MR) is 278 cm³/mol. The lowest BCUT2D eigenvalue weighted by Crippen LogP contribution is -2.29. The molecular weight excluding hydrogens is 1010 g/mol. The molecule has 0 saturated heterocycles. The largest absolute Gasteiger partial charge is 0.490 e. The van der Waals surface area contributed by atoms with Gasteiger partial charge in [-0.1, -0.05) is 45.3 Å². The van der Waals surface area contributed by atoms with Crippen molar-refractivity contribution in [2.45, 2.75) is 64.8 Å². The molecule has 71 heavy (non-hydrogen) atoms. The van der Waals surface area contributed by atoms with Gasteiger partial charge in [0.25, 0.3) is 0 Å².